The number of hydrogen-bond donors (Lipinski definition) is 2. The van der Waals surface area contributed by atoms with Gasteiger partial charge >= 0.3 is 5.97 Å². The standard InChI is InChI=1S/C26H34O4/c1-5-20(9-7-11-21(26(28)29)10-6-8-18(2)3)12-14-24-15-13-22-17-23(27)16-19(4)25(22)30-24/h5,8,11,13,15-17,24,27H,6-7,9-10,12,14H2,1-4H3,(H,28,29)/b20-5+,21-11-. The molecule has 2 N–H and O–H groups in total. The number of carbonyl (C=O) groups is 1. The van der Waals surface area contributed by atoms with Crippen molar-refractivity contribution in [2.75, 3.05) is 0 Å². The van der Waals surface area contributed by atoms with E-state index in [1.807, 2.05) is 45.9 Å². The molecule has 1 aliphatic rings. The summed E-state index contributed by atoms with van der Waals surface area (Å²) in [7, 11) is 0. The molecule has 30 heavy (non-hydrogen) atoms. The van der Waals surface area contributed by atoms with Gasteiger partial charge in [0.05, 0.1) is 0 Å². The first-order chi connectivity index (χ1) is 14.3. The second-order valence-corrected chi connectivity index (χ2v) is 8.08. The Morgan fingerprint density at radius 1 is 1.13 bits per heavy atom. The van der Waals surface area contributed by atoms with Gasteiger partial charge in [-0.25, -0.2) is 4.79 Å². The number of allylic oxidation sites excluding steroid dienone is 5. The van der Waals surface area contributed by atoms with Crippen molar-refractivity contribution in [2.45, 2.75) is 72.3 Å². The Balaban J connectivity index is 1.86. The first-order valence-electron chi connectivity index (χ1n) is 10.7. The minimum Gasteiger partial charge on any atom is -0.508 e. The summed E-state index contributed by atoms with van der Waals surface area (Å²) < 4.78 is 6.13. The van der Waals surface area contributed by atoms with Gasteiger partial charge in [0.2, 0.25) is 0 Å². The lowest BCUT2D eigenvalue weighted by Crippen LogP contribution is -2.17. The smallest absolute Gasteiger partial charge is 0.331 e. The first-order valence-corrected chi connectivity index (χ1v) is 10.7. The maximum atomic E-state index is 11.5. The minimum atomic E-state index is -0.819. The van der Waals surface area contributed by atoms with E-state index in [9.17, 15) is 15.0 Å². The summed E-state index contributed by atoms with van der Waals surface area (Å²) in [5.41, 5.74) is 4.87. The number of aryl methyl sites for hydroxylation is 1. The van der Waals surface area contributed by atoms with Gasteiger partial charge in [0.15, 0.2) is 0 Å². The van der Waals surface area contributed by atoms with Gasteiger partial charge in [0.25, 0.3) is 0 Å². The van der Waals surface area contributed by atoms with E-state index in [-0.39, 0.29) is 11.9 Å². The van der Waals surface area contributed by atoms with Crippen molar-refractivity contribution < 1.29 is 19.7 Å². The van der Waals surface area contributed by atoms with Crippen LogP contribution in [0.25, 0.3) is 6.08 Å². The number of carboxylic acids is 1. The van der Waals surface area contributed by atoms with Crippen LogP contribution in [0.3, 0.4) is 0 Å². The van der Waals surface area contributed by atoms with Crippen molar-refractivity contribution in [3.63, 3.8) is 0 Å². The van der Waals surface area contributed by atoms with Gasteiger partial charge in [-0.1, -0.05) is 35.5 Å². The molecule has 1 unspecified atom stereocenters. The summed E-state index contributed by atoms with van der Waals surface area (Å²) in [6, 6.07) is 3.44. The van der Waals surface area contributed by atoms with Gasteiger partial charge in [-0.15, -0.1) is 0 Å². The monoisotopic (exact) mass is 410 g/mol. The van der Waals surface area contributed by atoms with E-state index in [0.29, 0.717) is 12.0 Å². The zero-order valence-corrected chi connectivity index (χ0v) is 18.6. The van der Waals surface area contributed by atoms with Crippen LogP contribution in [0.4, 0.5) is 0 Å². The van der Waals surface area contributed by atoms with E-state index in [2.05, 4.69) is 12.2 Å². The number of phenolic OH excluding ortho intramolecular Hbond substituents is 1. The predicted molar refractivity (Wildman–Crippen MR) is 123 cm³/mol. The molecule has 0 saturated heterocycles. The van der Waals surface area contributed by atoms with Crippen molar-refractivity contribution in [1.82, 2.24) is 0 Å². The van der Waals surface area contributed by atoms with E-state index in [4.69, 9.17) is 4.74 Å². The van der Waals surface area contributed by atoms with Gasteiger partial charge in [-0.2, -0.15) is 0 Å². The fourth-order valence-electron chi connectivity index (χ4n) is 3.61. The molecule has 1 atom stereocenters. The molecule has 1 heterocycles. The van der Waals surface area contributed by atoms with Crippen molar-refractivity contribution in [2.24, 2.45) is 0 Å². The van der Waals surface area contributed by atoms with Gasteiger partial charge < -0.3 is 14.9 Å². The Kier molecular flexibility index (Phi) is 8.97. The summed E-state index contributed by atoms with van der Waals surface area (Å²) in [5.74, 6) is 0.275. The third-order valence-corrected chi connectivity index (χ3v) is 5.30. The molecule has 162 valence electrons. The molecule has 0 bridgehead atoms. The number of aromatic hydroxyl groups is 1. The molecule has 0 radical (unpaired) electrons. The van der Waals surface area contributed by atoms with Crippen LogP contribution in [0.15, 0.2) is 53.2 Å². The molecule has 2 rings (SSSR count). The summed E-state index contributed by atoms with van der Waals surface area (Å²) in [4.78, 5) is 11.5. The summed E-state index contributed by atoms with van der Waals surface area (Å²) >= 11 is 0. The lowest BCUT2D eigenvalue weighted by molar-refractivity contribution is -0.132. The Hall–Kier alpha value is -2.75. The van der Waals surface area contributed by atoms with Crippen LogP contribution < -0.4 is 4.74 Å². The number of fused-ring (bicyclic) bond motifs is 1. The number of phenols is 1. The highest BCUT2D eigenvalue weighted by Gasteiger charge is 2.17. The van der Waals surface area contributed by atoms with Crippen LogP contribution in [0, 0.1) is 6.92 Å². The van der Waals surface area contributed by atoms with E-state index in [1.165, 1.54) is 11.1 Å². The zero-order chi connectivity index (χ0) is 22.1. The van der Waals surface area contributed by atoms with Gasteiger partial charge in [0, 0.05) is 11.1 Å². The number of ether oxygens (including phenoxy) is 1. The van der Waals surface area contributed by atoms with Crippen molar-refractivity contribution in [3.8, 4) is 11.5 Å². The van der Waals surface area contributed by atoms with Crippen LogP contribution in [-0.4, -0.2) is 22.3 Å². The molecular weight excluding hydrogens is 376 g/mol. The molecule has 0 spiro atoms. The zero-order valence-electron chi connectivity index (χ0n) is 18.6. The minimum absolute atomic E-state index is 0.00452. The molecule has 4 heteroatoms. The fraction of sp³-hybridized carbons (Fsp3) is 0.423. The number of carboxylic acid groups (broad SMARTS) is 1. The Labute approximate surface area is 180 Å². The highest BCUT2D eigenvalue weighted by molar-refractivity contribution is 5.86. The number of rotatable bonds is 10. The molecule has 1 aromatic carbocycles. The second kappa shape index (κ2) is 11.4. The topological polar surface area (TPSA) is 66.8 Å². The quantitative estimate of drug-likeness (QED) is 0.331. The Morgan fingerprint density at radius 2 is 1.87 bits per heavy atom. The molecule has 0 aliphatic carbocycles. The van der Waals surface area contributed by atoms with Gasteiger partial charge in [-0.05, 0) is 90.0 Å². The molecule has 4 nitrogen and oxygen atoms in total. The Bertz CT molecular complexity index is 867. The first kappa shape index (κ1) is 23.5. The van der Waals surface area contributed by atoms with Gasteiger partial charge in [0.1, 0.15) is 17.6 Å². The SMILES string of the molecule is C/C=C(\CC/C=C(/CCC=C(C)C)C(=O)O)CCC1C=Cc2cc(O)cc(C)c2O1. The lowest BCUT2D eigenvalue weighted by atomic mass is 9.98. The number of aliphatic carboxylic acids is 1. The van der Waals surface area contributed by atoms with E-state index in [0.717, 1.165) is 49.0 Å². The maximum absolute atomic E-state index is 11.5. The molecule has 0 aromatic heterocycles. The van der Waals surface area contributed by atoms with Crippen LogP contribution in [0.2, 0.25) is 0 Å². The molecule has 0 fully saturated rings. The van der Waals surface area contributed by atoms with Crippen molar-refractivity contribution in [1.29, 1.82) is 0 Å². The average Bonchev–Trinajstić information content (AvgIpc) is 2.68. The summed E-state index contributed by atoms with van der Waals surface area (Å²) in [5, 5.41) is 19.1. The number of hydrogen-bond acceptors (Lipinski definition) is 3. The molecule has 0 amide bonds. The van der Waals surface area contributed by atoms with Gasteiger partial charge in [-0.3, -0.25) is 0 Å². The highest BCUT2D eigenvalue weighted by atomic mass is 16.5. The lowest BCUT2D eigenvalue weighted by Gasteiger charge is -2.23. The van der Waals surface area contributed by atoms with Crippen LogP contribution in [0.5, 0.6) is 11.5 Å². The van der Waals surface area contributed by atoms with Crippen molar-refractivity contribution >= 4 is 12.0 Å². The number of benzene rings is 1. The van der Waals surface area contributed by atoms with E-state index in [1.54, 1.807) is 12.1 Å². The molecule has 1 aromatic rings. The highest BCUT2D eigenvalue weighted by Crippen LogP contribution is 2.34. The molecule has 1 aliphatic heterocycles. The third kappa shape index (κ3) is 7.25. The maximum Gasteiger partial charge on any atom is 0.331 e. The third-order valence-electron chi connectivity index (χ3n) is 5.30. The molecular formula is C26H34O4. The second-order valence-electron chi connectivity index (χ2n) is 8.08. The fourth-order valence-corrected chi connectivity index (χ4v) is 3.61. The largest absolute Gasteiger partial charge is 0.508 e. The Morgan fingerprint density at radius 3 is 2.53 bits per heavy atom. The van der Waals surface area contributed by atoms with E-state index < -0.39 is 5.97 Å². The normalized spacial score (nSPS) is 16.1. The van der Waals surface area contributed by atoms with Crippen LogP contribution >= 0.6 is 0 Å². The summed E-state index contributed by atoms with van der Waals surface area (Å²) in [6.45, 7) is 8.02. The molecule has 0 saturated carbocycles. The van der Waals surface area contributed by atoms with Crippen LogP contribution in [-0.2, 0) is 4.79 Å². The summed E-state index contributed by atoms with van der Waals surface area (Å²) in [6.07, 6.45) is 14.8. The van der Waals surface area contributed by atoms with Crippen molar-refractivity contribution in [3.05, 3.63) is 64.3 Å². The predicted octanol–water partition coefficient (Wildman–Crippen LogP) is 6.74. The van der Waals surface area contributed by atoms with Crippen LogP contribution in [0.1, 0.15) is 70.4 Å². The average molecular weight is 411 g/mol. The van der Waals surface area contributed by atoms with E-state index >= 15 is 0 Å².